The van der Waals surface area contributed by atoms with Gasteiger partial charge in [0.05, 0.1) is 13.0 Å². The van der Waals surface area contributed by atoms with Gasteiger partial charge < -0.3 is 15.0 Å². The maximum absolute atomic E-state index is 13.6. The number of nitrogens with one attached hydrogen (secondary N) is 1. The molecular formula is C29H40N4O5S3. The molecule has 1 aromatic heterocycles. The number of cyclic esters (lactones) is 1. The fourth-order valence-corrected chi connectivity index (χ4v) is 7.72. The van der Waals surface area contributed by atoms with Crippen LogP contribution in [-0.2, 0) is 30.5 Å². The number of aromatic nitrogens is 1. The molecule has 1 unspecified atom stereocenters. The van der Waals surface area contributed by atoms with E-state index in [1.54, 1.807) is 11.0 Å². The molecule has 3 atom stereocenters. The number of carbonyl (C=O) groups excluding carboxylic acids is 4. The van der Waals surface area contributed by atoms with Crippen molar-refractivity contribution in [3.63, 3.8) is 0 Å². The van der Waals surface area contributed by atoms with E-state index >= 15 is 0 Å². The normalized spacial score (nSPS) is 25.3. The number of rotatable bonds is 10. The second-order valence-corrected chi connectivity index (χ2v) is 13.9. The van der Waals surface area contributed by atoms with Gasteiger partial charge in [0, 0.05) is 29.9 Å². The van der Waals surface area contributed by atoms with Gasteiger partial charge in [-0.2, -0.15) is 0 Å². The molecule has 4 heterocycles. The molecule has 9 nitrogen and oxygen atoms in total. The van der Waals surface area contributed by atoms with Crippen molar-refractivity contribution in [1.82, 2.24) is 15.2 Å². The summed E-state index contributed by atoms with van der Waals surface area (Å²) in [6, 6.07) is -0.702. The Morgan fingerprint density at radius 1 is 1.27 bits per heavy atom. The van der Waals surface area contributed by atoms with E-state index in [2.05, 4.69) is 17.2 Å². The molecule has 12 heteroatoms. The van der Waals surface area contributed by atoms with Gasteiger partial charge in [0.2, 0.25) is 5.91 Å². The molecule has 4 bridgehead atoms. The molecule has 0 radical (unpaired) electrons. The zero-order valence-electron chi connectivity index (χ0n) is 23.9. The van der Waals surface area contributed by atoms with E-state index in [4.69, 9.17) is 9.73 Å². The minimum Gasteiger partial charge on any atom is -0.456 e. The van der Waals surface area contributed by atoms with Crippen LogP contribution in [0.4, 0.5) is 0 Å². The van der Waals surface area contributed by atoms with Crippen molar-refractivity contribution in [3.8, 4) is 0 Å². The van der Waals surface area contributed by atoms with Crippen LogP contribution in [0.25, 0.3) is 0 Å². The van der Waals surface area contributed by atoms with Crippen LogP contribution >= 0.6 is 34.9 Å². The lowest BCUT2D eigenvalue weighted by molar-refractivity contribution is -0.157. The Morgan fingerprint density at radius 2 is 2.10 bits per heavy atom. The van der Waals surface area contributed by atoms with Gasteiger partial charge in [-0.3, -0.25) is 19.4 Å². The summed E-state index contributed by atoms with van der Waals surface area (Å²) < 4.78 is 5.83. The molecule has 0 spiro atoms. The second kappa shape index (κ2) is 15.3. The summed E-state index contributed by atoms with van der Waals surface area (Å²) in [5, 5.41) is 6.42. The number of fused-ring (bicyclic) bond motifs is 5. The highest BCUT2D eigenvalue weighted by molar-refractivity contribution is 8.14. The maximum Gasteiger partial charge on any atom is 0.329 e. The Balaban J connectivity index is 1.40. The van der Waals surface area contributed by atoms with E-state index in [1.807, 2.05) is 18.4 Å². The molecule has 0 aliphatic carbocycles. The van der Waals surface area contributed by atoms with Crippen LogP contribution in [-0.4, -0.2) is 73.6 Å². The van der Waals surface area contributed by atoms with E-state index in [9.17, 15) is 19.2 Å². The molecule has 1 N–H and O–H groups in total. The van der Waals surface area contributed by atoms with Crippen LogP contribution in [0.15, 0.2) is 22.5 Å². The lowest BCUT2D eigenvalue weighted by Gasteiger charge is -2.30. The van der Waals surface area contributed by atoms with E-state index < -0.39 is 23.7 Å². The first-order chi connectivity index (χ1) is 19.8. The molecule has 41 heavy (non-hydrogen) atoms. The van der Waals surface area contributed by atoms with Crippen molar-refractivity contribution in [2.24, 2.45) is 4.99 Å². The van der Waals surface area contributed by atoms with Crippen LogP contribution in [0.1, 0.15) is 88.8 Å². The standard InChI is InChI=1S/C29H40N4O5S3/c1-3-4-5-6-7-13-25(35)39-15-9-8-11-20-16-23(34)30-17-24-31-21(18-40-24)26-32-29(2,19-41-26)28(37)33-14-10-12-22(33)27(36)38-20/h8,11,18,20,22H,3-7,9-10,12-17,19H2,1-2H3,(H,30,34)/b11-8+/t20-,22?,29+/m1/s1. The van der Waals surface area contributed by atoms with Crippen molar-refractivity contribution >= 4 is 62.8 Å². The Hall–Kier alpha value is -2.18. The van der Waals surface area contributed by atoms with Gasteiger partial charge in [-0.15, -0.1) is 23.1 Å². The first-order valence-electron chi connectivity index (χ1n) is 14.6. The number of allylic oxidation sites excluding steroid dienone is 1. The fraction of sp³-hybridized carbons (Fsp3) is 0.655. The summed E-state index contributed by atoms with van der Waals surface area (Å²) in [6.07, 6.45) is 10.8. The van der Waals surface area contributed by atoms with Crippen molar-refractivity contribution in [2.45, 2.75) is 102 Å². The maximum atomic E-state index is 13.6. The van der Waals surface area contributed by atoms with Crippen LogP contribution in [0.2, 0.25) is 0 Å². The number of unbranched alkanes of at least 4 members (excludes halogenated alkanes) is 4. The van der Waals surface area contributed by atoms with Crippen molar-refractivity contribution in [3.05, 3.63) is 28.2 Å². The van der Waals surface area contributed by atoms with Gasteiger partial charge >= 0.3 is 5.97 Å². The van der Waals surface area contributed by atoms with E-state index in [0.29, 0.717) is 54.5 Å². The van der Waals surface area contributed by atoms with Gasteiger partial charge in [-0.1, -0.05) is 50.4 Å². The number of thioether (sulfide) groups is 2. The summed E-state index contributed by atoms with van der Waals surface area (Å²) in [4.78, 5) is 62.9. The van der Waals surface area contributed by atoms with Crippen LogP contribution < -0.4 is 5.32 Å². The first kappa shape index (κ1) is 31.7. The molecule has 3 aliphatic heterocycles. The molecule has 3 aliphatic rings. The number of hydrogen-bond donors (Lipinski definition) is 1. The average molecular weight is 621 g/mol. The highest BCUT2D eigenvalue weighted by atomic mass is 32.2. The highest BCUT2D eigenvalue weighted by Crippen LogP contribution is 2.35. The molecule has 1 aromatic rings. The third-order valence-corrected chi connectivity index (χ3v) is 10.4. The minimum absolute atomic E-state index is 0.0365. The number of nitrogens with zero attached hydrogens (tertiary/aromatic N) is 3. The number of ether oxygens (including phenoxy) is 1. The van der Waals surface area contributed by atoms with Gasteiger partial charge in [0.25, 0.3) is 5.91 Å². The quantitative estimate of drug-likeness (QED) is 0.223. The smallest absolute Gasteiger partial charge is 0.329 e. The zero-order valence-corrected chi connectivity index (χ0v) is 26.3. The lowest BCUT2D eigenvalue weighted by atomic mass is 10.0. The second-order valence-electron chi connectivity index (χ2n) is 10.8. The Labute approximate surface area is 254 Å². The topological polar surface area (TPSA) is 118 Å². The van der Waals surface area contributed by atoms with E-state index in [0.717, 1.165) is 17.8 Å². The minimum atomic E-state index is -0.970. The molecule has 1 fully saturated rings. The molecule has 1 saturated heterocycles. The number of amides is 2. The lowest BCUT2D eigenvalue weighted by Crippen LogP contribution is -2.51. The highest BCUT2D eigenvalue weighted by Gasteiger charge is 2.46. The van der Waals surface area contributed by atoms with Crippen molar-refractivity contribution < 1.29 is 23.9 Å². The average Bonchev–Trinajstić information content (AvgIpc) is 3.71. The van der Waals surface area contributed by atoms with Gasteiger partial charge in [-0.05, 0) is 38.7 Å². The van der Waals surface area contributed by atoms with Gasteiger partial charge in [0.1, 0.15) is 33.4 Å². The van der Waals surface area contributed by atoms with Crippen LogP contribution in [0.3, 0.4) is 0 Å². The number of aliphatic imine (C=N–C) groups is 1. The summed E-state index contributed by atoms with van der Waals surface area (Å²) in [7, 11) is 0. The molecular weight excluding hydrogens is 581 g/mol. The summed E-state index contributed by atoms with van der Waals surface area (Å²) >= 11 is 4.24. The van der Waals surface area contributed by atoms with Crippen LogP contribution in [0.5, 0.6) is 0 Å². The van der Waals surface area contributed by atoms with E-state index in [1.165, 1.54) is 54.1 Å². The first-order valence-corrected chi connectivity index (χ1v) is 17.4. The molecule has 2 amide bonds. The number of carbonyl (C=O) groups is 4. The predicted molar refractivity (Wildman–Crippen MR) is 165 cm³/mol. The number of thiazole rings is 1. The SMILES string of the molecule is CCCCCCCC(=O)SCC/C=C/[C@@H]1CC(=O)NCc2nc(cs2)C2=N[C@@](C)(CS2)C(=O)N2CCCC2C(=O)O1. The fourth-order valence-electron chi connectivity index (χ4n) is 5.03. The Bertz CT molecular complexity index is 1170. The Kier molecular flexibility index (Phi) is 11.9. The van der Waals surface area contributed by atoms with E-state index in [-0.39, 0.29) is 29.9 Å². The third-order valence-electron chi connectivity index (χ3n) is 7.33. The summed E-state index contributed by atoms with van der Waals surface area (Å²) in [5.41, 5.74) is -0.263. The van der Waals surface area contributed by atoms with Gasteiger partial charge in [-0.25, -0.2) is 9.78 Å². The van der Waals surface area contributed by atoms with Crippen molar-refractivity contribution in [2.75, 3.05) is 18.1 Å². The summed E-state index contributed by atoms with van der Waals surface area (Å²) in [5.74, 6) is 0.169. The number of hydrogen-bond acceptors (Lipinski definition) is 10. The van der Waals surface area contributed by atoms with Crippen LogP contribution in [0, 0.1) is 0 Å². The largest absolute Gasteiger partial charge is 0.456 e. The predicted octanol–water partition coefficient (Wildman–Crippen LogP) is 4.88. The third kappa shape index (κ3) is 8.90. The molecule has 4 rings (SSSR count). The zero-order chi connectivity index (χ0) is 29.2. The Morgan fingerprint density at radius 3 is 2.93 bits per heavy atom. The number of esters is 1. The van der Waals surface area contributed by atoms with Gasteiger partial charge in [0.15, 0.2) is 5.12 Å². The van der Waals surface area contributed by atoms with Crippen molar-refractivity contribution in [1.29, 1.82) is 0 Å². The summed E-state index contributed by atoms with van der Waals surface area (Å²) in [6.45, 7) is 4.71. The molecule has 224 valence electrons. The molecule has 0 saturated carbocycles. The monoisotopic (exact) mass is 620 g/mol. The molecule has 0 aromatic carbocycles.